The van der Waals surface area contributed by atoms with Gasteiger partial charge in [0, 0.05) is 19.3 Å². The first-order chi connectivity index (χ1) is 36.5. The second-order valence-corrected chi connectivity index (χ2v) is 18.7. The molecular formula is C68H104O6. The van der Waals surface area contributed by atoms with Crippen molar-refractivity contribution in [3.05, 3.63) is 170 Å². The minimum atomic E-state index is -0.825. The normalized spacial score (nSPS) is 13.4. The minimum absolute atomic E-state index is 0.118. The predicted octanol–water partition coefficient (Wildman–Crippen LogP) is 19.9. The number of hydrogen-bond donors (Lipinski definition) is 0. The first kappa shape index (κ1) is 68.8. The highest BCUT2D eigenvalue weighted by Gasteiger charge is 2.19. The van der Waals surface area contributed by atoms with E-state index in [1.807, 2.05) is 72.9 Å². The molecule has 0 saturated carbocycles. The number of hydrogen-bond acceptors (Lipinski definition) is 6. The smallest absolute Gasteiger partial charge is 0.306 e. The first-order valence-corrected chi connectivity index (χ1v) is 29.3. The van der Waals surface area contributed by atoms with Crippen LogP contribution in [0, 0.1) is 0 Å². The number of rotatable bonds is 50. The van der Waals surface area contributed by atoms with Gasteiger partial charge in [0.2, 0.25) is 0 Å². The molecule has 74 heavy (non-hydrogen) atoms. The largest absolute Gasteiger partial charge is 0.462 e. The SMILES string of the molecule is CC\C=C/C=C\C=C/C=C\C=C\C=C/C=C\CCCCCC(=O)OCC(COC(=O)CCCCCCC\C=C/C=C\C=C/CCCCCCC)OC(=O)CCCCCCCC/C=C\C/C=C\C/C=C\C/C=C\CC. The molecule has 0 aromatic carbocycles. The quantitative estimate of drug-likeness (QED) is 0.0199. The molecule has 0 amide bonds. The molecule has 412 valence electrons. The maximum atomic E-state index is 12.9. The van der Waals surface area contributed by atoms with Crippen LogP contribution in [0.5, 0.6) is 0 Å². The van der Waals surface area contributed by atoms with Gasteiger partial charge in [-0.1, -0.05) is 268 Å². The number of ether oxygens (including phenoxy) is 3. The molecule has 0 N–H and O–H groups in total. The van der Waals surface area contributed by atoms with Gasteiger partial charge in [-0.25, -0.2) is 0 Å². The Morgan fingerprint density at radius 3 is 1.00 bits per heavy atom. The van der Waals surface area contributed by atoms with E-state index in [1.54, 1.807) is 0 Å². The first-order valence-electron chi connectivity index (χ1n) is 29.3. The molecule has 0 aromatic heterocycles. The van der Waals surface area contributed by atoms with E-state index in [9.17, 15) is 14.4 Å². The molecule has 0 aromatic rings. The van der Waals surface area contributed by atoms with Crippen LogP contribution in [-0.2, 0) is 28.6 Å². The van der Waals surface area contributed by atoms with Gasteiger partial charge in [-0.05, 0) is 103 Å². The van der Waals surface area contributed by atoms with Crippen LogP contribution in [0.25, 0.3) is 0 Å². The molecular weight excluding hydrogens is 913 g/mol. The van der Waals surface area contributed by atoms with Crippen molar-refractivity contribution in [2.75, 3.05) is 13.2 Å². The summed E-state index contributed by atoms with van der Waals surface area (Å²) in [6.07, 6.45) is 89.0. The van der Waals surface area contributed by atoms with E-state index in [2.05, 4.69) is 118 Å². The van der Waals surface area contributed by atoms with Crippen LogP contribution in [0.1, 0.15) is 220 Å². The predicted molar refractivity (Wildman–Crippen MR) is 320 cm³/mol. The van der Waals surface area contributed by atoms with Gasteiger partial charge in [0.1, 0.15) is 13.2 Å². The molecule has 0 aliphatic heterocycles. The van der Waals surface area contributed by atoms with Crippen LogP contribution in [0.4, 0.5) is 0 Å². The molecule has 0 bridgehead atoms. The second kappa shape index (κ2) is 60.3. The maximum Gasteiger partial charge on any atom is 0.306 e. The summed E-state index contributed by atoms with van der Waals surface area (Å²) in [5.41, 5.74) is 0. The summed E-state index contributed by atoms with van der Waals surface area (Å²) < 4.78 is 16.8. The molecule has 0 fully saturated rings. The molecule has 1 atom stereocenters. The fourth-order valence-electron chi connectivity index (χ4n) is 7.36. The summed E-state index contributed by atoms with van der Waals surface area (Å²) in [5.74, 6) is -1.01. The summed E-state index contributed by atoms with van der Waals surface area (Å²) >= 11 is 0. The fraction of sp³-hybridized carbons (Fsp3) is 0.544. The molecule has 0 heterocycles. The van der Waals surface area contributed by atoms with Crippen molar-refractivity contribution in [1.29, 1.82) is 0 Å². The van der Waals surface area contributed by atoms with Gasteiger partial charge in [0.15, 0.2) is 6.10 Å². The Bertz CT molecular complexity index is 1740. The zero-order chi connectivity index (χ0) is 53.6. The van der Waals surface area contributed by atoms with E-state index >= 15 is 0 Å². The van der Waals surface area contributed by atoms with Crippen molar-refractivity contribution in [1.82, 2.24) is 0 Å². The van der Waals surface area contributed by atoms with Crippen molar-refractivity contribution in [3.8, 4) is 0 Å². The Morgan fingerprint density at radius 1 is 0.297 bits per heavy atom. The molecule has 0 aliphatic carbocycles. The van der Waals surface area contributed by atoms with Crippen LogP contribution >= 0.6 is 0 Å². The number of carbonyl (C=O) groups is 3. The maximum absolute atomic E-state index is 12.9. The Balaban J connectivity index is 4.60. The van der Waals surface area contributed by atoms with E-state index in [0.717, 1.165) is 128 Å². The summed E-state index contributed by atoms with van der Waals surface area (Å²) in [5, 5.41) is 0. The van der Waals surface area contributed by atoms with Gasteiger partial charge >= 0.3 is 17.9 Å². The number of allylic oxidation sites excluding steroid dienone is 28. The Kier molecular flexibility index (Phi) is 56.1. The van der Waals surface area contributed by atoms with Crippen LogP contribution in [-0.4, -0.2) is 37.2 Å². The van der Waals surface area contributed by atoms with Crippen molar-refractivity contribution in [2.45, 2.75) is 226 Å². The molecule has 0 aliphatic rings. The lowest BCUT2D eigenvalue weighted by molar-refractivity contribution is -0.167. The average molecular weight is 1020 g/mol. The third-order valence-electron chi connectivity index (χ3n) is 11.7. The summed E-state index contributed by atoms with van der Waals surface area (Å²) in [7, 11) is 0. The summed E-state index contributed by atoms with van der Waals surface area (Å²) in [4.78, 5) is 38.2. The topological polar surface area (TPSA) is 78.9 Å². The highest BCUT2D eigenvalue weighted by molar-refractivity contribution is 5.71. The van der Waals surface area contributed by atoms with Crippen LogP contribution in [0.15, 0.2) is 170 Å². The summed E-state index contributed by atoms with van der Waals surface area (Å²) in [6, 6.07) is 0. The highest BCUT2D eigenvalue weighted by atomic mass is 16.6. The van der Waals surface area contributed by atoms with Crippen LogP contribution < -0.4 is 0 Å². The van der Waals surface area contributed by atoms with Crippen molar-refractivity contribution in [2.24, 2.45) is 0 Å². The van der Waals surface area contributed by atoms with E-state index in [4.69, 9.17) is 14.2 Å². The third-order valence-corrected chi connectivity index (χ3v) is 11.7. The standard InChI is InChI=1S/C68H104O6/c1-4-7-10-13-16-19-22-25-28-31-34-37-40-43-46-49-52-55-58-61-67(70)73-64-65(63-72-66(69)60-57-54-51-48-45-42-39-36-33-30-27-24-21-18-15-12-9-6-3)74-68(71)62-59-56-53-50-47-44-41-38-35-32-29-26-23-20-17-14-11-8-5-2/h7-8,10-11,13,16-17,19-20,22,24-31,33-40,43,46,65H,4-6,9,12,14-15,18,21,23,32,41-42,44-45,47-64H2,1-3H3/b10-7-,11-8-,16-13-,20-17-,22-19-,27-24-,28-25-,29-26-,33-30-,34-31+,38-35-,39-36-,40-37-,46-43-. The highest BCUT2D eigenvalue weighted by Crippen LogP contribution is 2.13. The molecule has 6 nitrogen and oxygen atoms in total. The van der Waals surface area contributed by atoms with Crippen molar-refractivity contribution >= 4 is 17.9 Å². The van der Waals surface area contributed by atoms with E-state index in [-0.39, 0.29) is 44.0 Å². The van der Waals surface area contributed by atoms with E-state index < -0.39 is 6.10 Å². The van der Waals surface area contributed by atoms with Crippen LogP contribution in [0.3, 0.4) is 0 Å². The zero-order valence-electron chi connectivity index (χ0n) is 47.0. The van der Waals surface area contributed by atoms with Crippen molar-refractivity contribution < 1.29 is 28.6 Å². The third kappa shape index (κ3) is 57.7. The Morgan fingerprint density at radius 2 is 0.595 bits per heavy atom. The lowest BCUT2D eigenvalue weighted by Gasteiger charge is -2.18. The number of unbranched alkanes of at least 4 members (excludes halogenated alkanes) is 19. The van der Waals surface area contributed by atoms with Crippen LogP contribution in [0.2, 0.25) is 0 Å². The minimum Gasteiger partial charge on any atom is -0.462 e. The van der Waals surface area contributed by atoms with Gasteiger partial charge in [-0.15, -0.1) is 0 Å². The van der Waals surface area contributed by atoms with E-state index in [1.165, 1.54) is 44.9 Å². The average Bonchev–Trinajstić information content (AvgIpc) is 3.40. The molecule has 6 heteroatoms. The molecule has 0 rings (SSSR count). The fourth-order valence-corrected chi connectivity index (χ4v) is 7.36. The van der Waals surface area contributed by atoms with Gasteiger partial charge in [0.05, 0.1) is 0 Å². The van der Waals surface area contributed by atoms with Gasteiger partial charge in [0.25, 0.3) is 0 Å². The lowest BCUT2D eigenvalue weighted by atomic mass is 10.1. The number of carbonyl (C=O) groups excluding carboxylic acids is 3. The molecule has 0 spiro atoms. The Hall–Kier alpha value is -5.23. The number of esters is 3. The van der Waals surface area contributed by atoms with E-state index in [0.29, 0.717) is 12.8 Å². The monoisotopic (exact) mass is 1020 g/mol. The van der Waals surface area contributed by atoms with Crippen molar-refractivity contribution in [3.63, 3.8) is 0 Å². The summed E-state index contributed by atoms with van der Waals surface area (Å²) in [6.45, 7) is 6.28. The zero-order valence-corrected chi connectivity index (χ0v) is 47.0. The molecule has 0 radical (unpaired) electrons. The Labute approximate surface area is 453 Å². The second-order valence-electron chi connectivity index (χ2n) is 18.7. The molecule has 0 saturated heterocycles. The lowest BCUT2D eigenvalue weighted by Crippen LogP contribution is -2.30. The van der Waals surface area contributed by atoms with Gasteiger partial charge < -0.3 is 14.2 Å². The van der Waals surface area contributed by atoms with Gasteiger partial charge in [-0.2, -0.15) is 0 Å². The van der Waals surface area contributed by atoms with Gasteiger partial charge in [-0.3, -0.25) is 14.4 Å². The molecule has 1 unspecified atom stereocenters.